The molecule has 3 heterocycles. The second-order valence-electron chi connectivity index (χ2n) is 7.37. The van der Waals surface area contributed by atoms with E-state index in [1.165, 1.54) is 35.3 Å². The van der Waals surface area contributed by atoms with Crippen molar-refractivity contribution in [3.63, 3.8) is 0 Å². The van der Waals surface area contributed by atoms with Crippen molar-refractivity contribution in [1.29, 1.82) is 0 Å². The van der Waals surface area contributed by atoms with Gasteiger partial charge in [0, 0.05) is 35.1 Å². The zero-order valence-electron chi connectivity index (χ0n) is 16.0. The van der Waals surface area contributed by atoms with Gasteiger partial charge in [-0.25, -0.2) is 0 Å². The number of nitrogens with one attached hydrogen (secondary N) is 1. The van der Waals surface area contributed by atoms with Crippen LogP contribution in [0.25, 0.3) is 10.8 Å². The van der Waals surface area contributed by atoms with Gasteiger partial charge in [0.2, 0.25) is 0 Å². The largest absolute Gasteiger partial charge is 0.368 e. The molecule has 1 aliphatic rings. The number of hydrogen-bond acceptors (Lipinski definition) is 5. The van der Waals surface area contributed by atoms with Gasteiger partial charge in [-0.3, -0.25) is 4.98 Å². The molecule has 1 aromatic carbocycles. The lowest BCUT2D eigenvalue weighted by molar-refractivity contribution is 0.515. The number of aryl methyl sites for hydroxylation is 1. The van der Waals surface area contributed by atoms with E-state index in [9.17, 15) is 0 Å². The van der Waals surface area contributed by atoms with Gasteiger partial charge in [0.15, 0.2) is 5.82 Å². The average molecular weight is 379 g/mol. The van der Waals surface area contributed by atoms with E-state index in [1.54, 1.807) is 0 Å². The third-order valence-electron chi connectivity index (χ3n) is 5.45. The number of hydrogen-bond donors (Lipinski definition) is 1. The Balaban J connectivity index is 1.63. The topological polar surface area (TPSA) is 50.7 Å². The molecule has 2 aromatic heterocycles. The number of benzene rings is 1. The first-order valence-electron chi connectivity index (χ1n) is 9.72. The fraction of sp³-hybridized carbons (Fsp3) is 0.409. The highest BCUT2D eigenvalue weighted by Gasteiger charge is 2.18. The molecule has 0 saturated carbocycles. The molecule has 4 rings (SSSR count). The summed E-state index contributed by atoms with van der Waals surface area (Å²) in [5.74, 6) is 4.38. The molecule has 0 aliphatic carbocycles. The summed E-state index contributed by atoms with van der Waals surface area (Å²) < 4.78 is 0. The van der Waals surface area contributed by atoms with E-state index >= 15 is 0 Å². The number of rotatable bonds is 5. The predicted octanol–water partition coefficient (Wildman–Crippen LogP) is 5.04. The highest BCUT2D eigenvalue weighted by molar-refractivity contribution is 7.99. The molecular weight excluding hydrogens is 352 g/mol. The van der Waals surface area contributed by atoms with Crippen LogP contribution in [-0.4, -0.2) is 33.2 Å². The molecule has 5 heteroatoms. The van der Waals surface area contributed by atoms with E-state index in [0.717, 1.165) is 35.1 Å². The average Bonchev–Trinajstić information content (AvgIpc) is 2.72. The standard InChI is InChI=1S/C22H26N4S/c1-15-13-18(7-10-23-15)16(2)21-19-5-3-4-6-20(19)22(26-25-21)24-14-17-8-11-27-12-9-17/h3-7,10,13,16-17H,8-9,11-12,14H2,1-2H3,(H,24,26). The fourth-order valence-corrected chi connectivity index (χ4v) is 4.97. The Morgan fingerprint density at radius 1 is 1.11 bits per heavy atom. The summed E-state index contributed by atoms with van der Waals surface area (Å²) in [6, 6.07) is 12.7. The maximum atomic E-state index is 4.64. The Bertz CT molecular complexity index is 921. The SMILES string of the molecule is Cc1cc(C(C)c2nnc(NCC3CCSCC3)c3ccccc23)ccn1. The molecule has 0 amide bonds. The normalized spacial score (nSPS) is 16.4. The molecule has 0 bridgehead atoms. The van der Waals surface area contributed by atoms with Crippen molar-refractivity contribution in [1.82, 2.24) is 15.2 Å². The van der Waals surface area contributed by atoms with E-state index < -0.39 is 0 Å². The number of nitrogens with zero attached hydrogens (tertiary/aromatic N) is 3. The van der Waals surface area contributed by atoms with Crippen molar-refractivity contribution in [3.05, 3.63) is 59.5 Å². The van der Waals surface area contributed by atoms with Crippen molar-refractivity contribution in [3.8, 4) is 0 Å². The Morgan fingerprint density at radius 3 is 2.67 bits per heavy atom. The van der Waals surface area contributed by atoms with E-state index in [1.807, 2.05) is 13.1 Å². The molecule has 1 unspecified atom stereocenters. The van der Waals surface area contributed by atoms with Crippen LogP contribution in [0.2, 0.25) is 0 Å². The lowest BCUT2D eigenvalue weighted by Gasteiger charge is -2.22. The third-order valence-corrected chi connectivity index (χ3v) is 6.49. The van der Waals surface area contributed by atoms with E-state index in [-0.39, 0.29) is 5.92 Å². The first-order chi connectivity index (χ1) is 13.2. The van der Waals surface area contributed by atoms with Crippen LogP contribution in [0.15, 0.2) is 42.6 Å². The zero-order chi connectivity index (χ0) is 18.6. The van der Waals surface area contributed by atoms with Crippen LogP contribution in [0.1, 0.15) is 42.6 Å². The molecule has 140 valence electrons. The van der Waals surface area contributed by atoms with Crippen LogP contribution < -0.4 is 5.32 Å². The lowest BCUT2D eigenvalue weighted by atomic mass is 9.94. The Labute approximate surface area is 165 Å². The van der Waals surface area contributed by atoms with Crippen LogP contribution in [0, 0.1) is 12.8 Å². The molecule has 1 atom stereocenters. The van der Waals surface area contributed by atoms with E-state index in [2.05, 4.69) is 75.6 Å². The molecule has 4 nitrogen and oxygen atoms in total. The van der Waals surface area contributed by atoms with Gasteiger partial charge in [0.1, 0.15) is 0 Å². The molecule has 1 saturated heterocycles. The third kappa shape index (κ3) is 4.08. The van der Waals surface area contributed by atoms with Crippen LogP contribution in [0.4, 0.5) is 5.82 Å². The first kappa shape index (κ1) is 18.2. The molecule has 1 fully saturated rings. The maximum absolute atomic E-state index is 4.64. The number of pyridine rings is 1. The Hall–Kier alpha value is -2.14. The minimum Gasteiger partial charge on any atom is -0.368 e. The van der Waals surface area contributed by atoms with Crippen molar-refractivity contribution in [2.24, 2.45) is 5.92 Å². The van der Waals surface area contributed by atoms with Crippen molar-refractivity contribution >= 4 is 28.4 Å². The summed E-state index contributed by atoms with van der Waals surface area (Å²) in [5, 5.41) is 15.1. The summed E-state index contributed by atoms with van der Waals surface area (Å²) >= 11 is 2.07. The van der Waals surface area contributed by atoms with Gasteiger partial charge in [-0.05, 0) is 54.9 Å². The van der Waals surface area contributed by atoms with Crippen LogP contribution in [0.5, 0.6) is 0 Å². The van der Waals surface area contributed by atoms with Crippen LogP contribution >= 0.6 is 11.8 Å². The molecule has 3 aromatic rings. The summed E-state index contributed by atoms with van der Waals surface area (Å²) in [5.41, 5.74) is 3.28. The second kappa shape index (κ2) is 8.26. The van der Waals surface area contributed by atoms with Gasteiger partial charge in [0.25, 0.3) is 0 Å². The Morgan fingerprint density at radius 2 is 1.89 bits per heavy atom. The van der Waals surface area contributed by atoms with Crippen molar-refractivity contribution < 1.29 is 0 Å². The maximum Gasteiger partial charge on any atom is 0.156 e. The van der Waals surface area contributed by atoms with Gasteiger partial charge in [-0.2, -0.15) is 16.9 Å². The predicted molar refractivity (Wildman–Crippen MR) is 115 cm³/mol. The highest BCUT2D eigenvalue weighted by Crippen LogP contribution is 2.31. The van der Waals surface area contributed by atoms with Gasteiger partial charge in [0.05, 0.1) is 5.69 Å². The zero-order valence-corrected chi connectivity index (χ0v) is 16.8. The summed E-state index contributed by atoms with van der Waals surface area (Å²) in [7, 11) is 0. The van der Waals surface area contributed by atoms with Gasteiger partial charge >= 0.3 is 0 Å². The molecule has 0 spiro atoms. The molecular formula is C22H26N4S. The molecule has 0 radical (unpaired) electrons. The van der Waals surface area contributed by atoms with Crippen molar-refractivity contribution in [2.45, 2.75) is 32.6 Å². The molecule has 27 heavy (non-hydrogen) atoms. The highest BCUT2D eigenvalue weighted by atomic mass is 32.2. The van der Waals surface area contributed by atoms with Gasteiger partial charge in [-0.15, -0.1) is 5.10 Å². The number of anilines is 1. The summed E-state index contributed by atoms with van der Waals surface area (Å²) in [6.07, 6.45) is 4.45. The second-order valence-corrected chi connectivity index (χ2v) is 8.59. The Kier molecular flexibility index (Phi) is 5.58. The molecule has 1 N–H and O–H groups in total. The summed E-state index contributed by atoms with van der Waals surface area (Å²) in [6.45, 7) is 5.20. The number of fused-ring (bicyclic) bond motifs is 1. The summed E-state index contributed by atoms with van der Waals surface area (Å²) in [4.78, 5) is 4.31. The molecule has 1 aliphatic heterocycles. The smallest absolute Gasteiger partial charge is 0.156 e. The quantitative estimate of drug-likeness (QED) is 0.674. The van der Waals surface area contributed by atoms with E-state index in [4.69, 9.17) is 0 Å². The first-order valence-corrected chi connectivity index (χ1v) is 10.9. The number of thioether (sulfide) groups is 1. The number of aromatic nitrogens is 3. The lowest BCUT2D eigenvalue weighted by Crippen LogP contribution is -2.20. The van der Waals surface area contributed by atoms with Crippen LogP contribution in [-0.2, 0) is 0 Å². The van der Waals surface area contributed by atoms with Crippen molar-refractivity contribution in [2.75, 3.05) is 23.4 Å². The fourth-order valence-electron chi connectivity index (χ4n) is 3.76. The van der Waals surface area contributed by atoms with E-state index in [0.29, 0.717) is 0 Å². The van der Waals surface area contributed by atoms with Crippen LogP contribution in [0.3, 0.4) is 0 Å². The van der Waals surface area contributed by atoms with Gasteiger partial charge in [-0.1, -0.05) is 31.2 Å². The minimum absolute atomic E-state index is 0.175. The minimum atomic E-state index is 0.175. The monoisotopic (exact) mass is 378 g/mol. The van der Waals surface area contributed by atoms with Gasteiger partial charge < -0.3 is 5.32 Å².